The molecule has 158 valence electrons. The van der Waals surface area contributed by atoms with E-state index in [1.165, 1.54) is 6.42 Å². The number of aryl methyl sites for hydroxylation is 1. The SMILES string of the molecule is C[C@H]1Oc2ccccc2N(CC(=O)N2CCC[C@H]2c2nnc3n2CCCCC3)C1=O. The molecule has 5 rings (SSSR count). The average Bonchev–Trinajstić information content (AvgIpc) is 3.32. The molecule has 2 amide bonds. The summed E-state index contributed by atoms with van der Waals surface area (Å²) in [5.41, 5.74) is 0.654. The van der Waals surface area contributed by atoms with Crippen LogP contribution in [-0.4, -0.2) is 50.7 Å². The number of para-hydroxylation sites is 2. The van der Waals surface area contributed by atoms with Crippen LogP contribution in [0.3, 0.4) is 0 Å². The van der Waals surface area contributed by atoms with Crippen molar-refractivity contribution < 1.29 is 14.3 Å². The van der Waals surface area contributed by atoms with Crippen molar-refractivity contribution in [3.8, 4) is 5.75 Å². The molecule has 30 heavy (non-hydrogen) atoms. The van der Waals surface area contributed by atoms with E-state index in [0.29, 0.717) is 18.0 Å². The molecule has 0 unspecified atom stereocenters. The van der Waals surface area contributed by atoms with E-state index in [2.05, 4.69) is 14.8 Å². The molecule has 0 N–H and O–H groups in total. The summed E-state index contributed by atoms with van der Waals surface area (Å²) < 4.78 is 7.92. The summed E-state index contributed by atoms with van der Waals surface area (Å²) >= 11 is 0. The van der Waals surface area contributed by atoms with Crippen molar-refractivity contribution in [2.45, 2.75) is 64.1 Å². The molecule has 1 saturated heterocycles. The number of hydrogen-bond donors (Lipinski definition) is 0. The van der Waals surface area contributed by atoms with Gasteiger partial charge in [-0.25, -0.2) is 0 Å². The number of likely N-dealkylation sites (tertiary alicyclic amines) is 1. The van der Waals surface area contributed by atoms with E-state index in [1.54, 1.807) is 11.8 Å². The van der Waals surface area contributed by atoms with Gasteiger partial charge in [-0.05, 0) is 44.7 Å². The van der Waals surface area contributed by atoms with E-state index in [-0.39, 0.29) is 24.4 Å². The first-order valence-electron chi connectivity index (χ1n) is 10.9. The smallest absolute Gasteiger partial charge is 0.268 e. The maximum absolute atomic E-state index is 13.4. The second-order valence-corrected chi connectivity index (χ2v) is 8.33. The number of nitrogens with zero attached hydrogens (tertiary/aromatic N) is 5. The van der Waals surface area contributed by atoms with Gasteiger partial charge in [0.25, 0.3) is 5.91 Å². The van der Waals surface area contributed by atoms with E-state index >= 15 is 0 Å². The third-order valence-corrected chi connectivity index (χ3v) is 6.38. The summed E-state index contributed by atoms with van der Waals surface area (Å²) in [6, 6.07) is 7.31. The molecule has 2 atom stereocenters. The predicted molar refractivity (Wildman–Crippen MR) is 110 cm³/mol. The molecule has 3 aliphatic heterocycles. The van der Waals surface area contributed by atoms with Crippen molar-refractivity contribution in [1.82, 2.24) is 19.7 Å². The van der Waals surface area contributed by atoms with Crippen LogP contribution in [0.1, 0.15) is 56.7 Å². The summed E-state index contributed by atoms with van der Waals surface area (Å²) in [4.78, 5) is 29.6. The molecule has 3 aliphatic rings. The lowest BCUT2D eigenvalue weighted by Crippen LogP contribution is -2.49. The van der Waals surface area contributed by atoms with Crippen molar-refractivity contribution >= 4 is 17.5 Å². The quantitative estimate of drug-likeness (QED) is 0.778. The Morgan fingerprint density at radius 1 is 1.13 bits per heavy atom. The monoisotopic (exact) mass is 409 g/mol. The number of anilines is 1. The Morgan fingerprint density at radius 2 is 2.00 bits per heavy atom. The van der Waals surface area contributed by atoms with Crippen molar-refractivity contribution in [2.24, 2.45) is 0 Å². The molecule has 0 saturated carbocycles. The number of benzene rings is 1. The van der Waals surface area contributed by atoms with Gasteiger partial charge in [-0.1, -0.05) is 18.6 Å². The first kappa shape index (κ1) is 19.1. The molecule has 0 aliphatic carbocycles. The van der Waals surface area contributed by atoms with Crippen LogP contribution in [-0.2, 0) is 22.6 Å². The van der Waals surface area contributed by atoms with Crippen LogP contribution in [0.2, 0.25) is 0 Å². The van der Waals surface area contributed by atoms with Crippen molar-refractivity contribution in [2.75, 3.05) is 18.0 Å². The van der Waals surface area contributed by atoms with E-state index in [4.69, 9.17) is 4.74 Å². The second-order valence-electron chi connectivity index (χ2n) is 8.33. The summed E-state index contributed by atoms with van der Waals surface area (Å²) in [5.74, 6) is 2.33. The van der Waals surface area contributed by atoms with Crippen LogP contribution >= 0.6 is 0 Å². The lowest BCUT2D eigenvalue weighted by Gasteiger charge is -2.34. The van der Waals surface area contributed by atoms with Gasteiger partial charge in [-0.15, -0.1) is 10.2 Å². The number of fused-ring (bicyclic) bond motifs is 2. The summed E-state index contributed by atoms with van der Waals surface area (Å²) in [7, 11) is 0. The minimum atomic E-state index is -0.602. The highest BCUT2D eigenvalue weighted by Crippen LogP contribution is 2.36. The Hall–Kier alpha value is -2.90. The maximum atomic E-state index is 13.4. The number of carbonyl (C=O) groups excluding carboxylic acids is 2. The molecule has 1 fully saturated rings. The molecule has 0 radical (unpaired) electrons. The number of rotatable bonds is 3. The fourth-order valence-corrected chi connectivity index (χ4v) is 4.84. The van der Waals surface area contributed by atoms with E-state index in [9.17, 15) is 9.59 Å². The number of carbonyl (C=O) groups is 2. The Labute approximate surface area is 175 Å². The zero-order chi connectivity index (χ0) is 20.7. The van der Waals surface area contributed by atoms with Crippen molar-refractivity contribution in [1.29, 1.82) is 0 Å². The first-order valence-corrected chi connectivity index (χ1v) is 10.9. The second kappa shape index (κ2) is 7.74. The van der Waals surface area contributed by atoms with Gasteiger partial charge in [0.1, 0.15) is 18.1 Å². The van der Waals surface area contributed by atoms with Crippen molar-refractivity contribution in [3.63, 3.8) is 0 Å². The van der Waals surface area contributed by atoms with Crippen LogP contribution in [0.15, 0.2) is 24.3 Å². The van der Waals surface area contributed by atoms with Crippen LogP contribution in [0.5, 0.6) is 5.75 Å². The van der Waals surface area contributed by atoms with Crippen LogP contribution in [0.4, 0.5) is 5.69 Å². The van der Waals surface area contributed by atoms with Gasteiger partial charge < -0.3 is 14.2 Å². The van der Waals surface area contributed by atoms with Crippen LogP contribution in [0, 0.1) is 0 Å². The fraction of sp³-hybridized carbons (Fsp3) is 0.545. The lowest BCUT2D eigenvalue weighted by molar-refractivity contribution is -0.134. The minimum Gasteiger partial charge on any atom is -0.479 e. The van der Waals surface area contributed by atoms with E-state index < -0.39 is 6.10 Å². The highest BCUT2D eigenvalue weighted by molar-refractivity contribution is 6.03. The molecule has 1 aromatic carbocycles. The number of ether oxygens (including phenoxy) is 1. The zero-order valence-electron chi connectivity index (χ0n) is 17.3. The average molecular weight is 409 g/mol. The fourth-order valence-electron chi connectivity index (χ4n) is 4.84. The predicted octanol–water partition coefficient (Wildman–Crippen LogP) is 2.48. The van der Waals surface area contributed by atoms with Gasteiger partial charge in [0.2, 0.25) is 5.91 Å². The Morgan fingerprint density at radius 3 is 2.90 bits per heavy atom. The third kappa shape index (κ3) is 3.24. The summed E-state index contributed by atoms with van der Waals surface area (Å²) in [5, 5.41) is 8.90. The zero-order valence-corrected chi connectivity index (χ0v) is 17.3. The molecule has 1 aromatic heterocycles. The largest absolute Gasteiger partial charge is 0.479 e. The van der Waals surface area contributed by atoms with Crippen molar-refractivity contribution in [3.05, 3.63) is 35.9 Å². The van der Waals surface area contributed by atoms with Gasteiger partial charge in [-0.2, -0.15) is 0 Å². The highest BCUT2D eigenvalue weighted by atomic mass is 16.5. The van der Waals surface area contributed by atoms with Crippen LogP contribution < -0.4 is 9.64 Å². The normalized spacial score (nSPS) is 23.6. The third-order valence-electron chi connectivity index (χ3n) is 6.38. The molecular weight excluding hydrogens is 382 g/mol. The van der Waals surface area contributed by atoms with E-state index in [0.717, 1.165) is 50.3 Å². The number of amides is 2. The minimum absolute atomic E-state index is 0.0149. The molecule has 2 aromatic rings. The maximum Gasteiger partial charge on any atom is 0.268 e. The van der Waals surface area contributed by atoms with Gasteiger partial charge in [-0.3, -0.25) is 14.5 Å². The first-order chi connectivity index (χ1) is 14.6. The molecule has 0 spiro atoms. The van der Waals surface area contributed by atoms with Gasteiger partial charge in [0.05, 0.1) is 11.7 Å². The molecule has 8 nitrogen and oxygen atoms in total. The van der Waals surface area contributed by atoms with E-state index in [1.807, 2.05) is 29.2 Å². The van der Waals surface area contributed by atoms with Gasteiger partial charge >= 0.3 is 0 Å². The van der Waals surface area contributed by atoms with Crippen LogP contribution in [0.25, 0.3) is 0 Å². The molecule has 8 heteroatoms. The van der Waals surface area contributed by atoms with Gasteiger partial charge in [0, 0.05) is 19.5 Å². The summed E-state index contributed by atoms with van der Waals surface area (Å²) in [6.07, 6.45) is 5.63. The Kier molecular flexibility index (Phi) is 4.92. The Bertz CT molecular complexity index is 971. The molecule has 4 heterocycles. The standard InChI is InChI=1S/C22H27N5O3/c1-15-22(29)27(16-8-4-5-10-18(16)30-15)14-20(28)25-13-7-9-17(25)21-24-23-19-11-3-2-6-12-26(19)21/h4-5,8,10,15,17H,2-3,6-7,9,11-14H2,1H3/t15-,17+/m1/s1. The topological polar surface area (TPSA) is 80.6 Å². The molecular formula is C22H27N5O3. The summed E-state index contributed by atoms with van der Waals surface area (Å²) in [6.45, 7) is 3.34. The lowest BCUT2D eigenvalue weighted by atomic mass is 10.1. The number of hydrogen-bond acceptors (Lipinski definition) is 5. The Balaban J connectivity index is 1.39. The van der Waals surface area contributed by atoms with Gasteiger partial charge in [0.15, 0.2) is 11.9 Å². The highest BCUT2D eigenvalue weighted by Gasteiger charge is 2.38. The number of aromatic nitrogens is 3. The molecule has 0 bridgehead atoms.